The van der Waals surface area contributed by atoms with Gasteiger partial charge in [0.1, 0.15) is 9.84 Å². The topological polar surface area (TPSA) is 70.6 Å². The standard InChI is InChI=1S/C17H26ClN3O2S/c1-4-19-17(20-12(2)8-9-24(3,22)23)21-16-11-15(16)13-6-5-7-14(18)10-13/h5-7,10,12,15-16H,4,8-9,11H2,1-3H3,(H2,19,20,21). The molecule has 24 heavy (non-hydrogen) atoms. The predicted molar refractivity (Wildman–Crippen MR) is 101 cm³/mol. The maximum atomic E-state index is 11.3. The molecule has 5 nitrogen and oxygen atoms in total. The Kier molecular flexibility index (Phi) is 6.52. The second kappa shape index (κ2) is 8.21. The third-order valence-corrected chi connectivity index (χ3v) is 5.22. The summed E-state index contributed by atoms with van der Waals surface area (Å²) in [4.78, 5) is 4.45. The molecule has 0 spiro atoms. The fraction of sp³-hybridized carbons (Fsp3) is 0.588. The molecule has 1 aliphatic rings. The Balaban J connectivity index is 1.87. The minimum Gasteiger partial charge on any atom is -0.354 e. The molecule has 0 amide bonds. The molecule has 2 N–H and O–H groups in total. The lowest BCUT2D eigenvalue weighted by atomic mass is 10.1. The molecule has 1 aromatic carbocycles. The molecule has 1 fully saturated rings. The highest BCUT2D eigenvalue weighted by Crippen LogP contribution is 2.41. The van der Waals surface area contributed by atoms with Crippen LogP contribution in [0.4, 0.5) is 0 Å². The Morgan fingerprint density at radius 1 is 1.46 bits per heavy atom. The van der Waals surface area contributed by atoms with Crippen molar-refractivity contribution in [3.8, 4) is 0 Å². The van der Waals surface area contributed by atoms with Crippen molar-refractivity contribution < 1.29 is 8.42 Å². The molecular formula is C17H26ClN3O2S. The van der Waals surface area contributed by atoms with Crippen LogP contribution >= 0.6 is 11.6 Å². The summed E-state index contributed by atoms with van der Waals surface area (Å²) in [6.07, 6.45) is 2.87. The van der Waals surface area contributed by atoms with Crippen LogP contribution in [0.15, 0.2) is 29.3 Å². The van der Waals surface area contributed by atoms with Crippen LogP contribution in [0.2, 0.25) is 5.02 Å². The van der Waals surface area contributed by atoms with Crippen molar-refractivity contribution in [3.63, 3.8) is 0 Å². The van der Waals surface area contributed by atoms with E-state index >= 15 is 0 Å². The largest absolute Gasteiger partial charge is 0.354 e. The van der Waals surface area contributed by atoms with E-state index in [0.717, 1.165) is 17.4 Å². The van der Waals surface area contributed by atoms with Gasteiger partial charge in [0.25, 0.3) is 0 Å². The Morgan fingerprint density at radius 3 is 2.83 bits per heavy atom. The highest BCUT2D eigenvalue weighted by atomic mass is 35.5. The van der Waals surface area contributed by atoms with E-state index in [1.54, 1.807) is 0 Å². The van der Waals surface area contributed by atoms with Gasteiger partial charge >= 0.3 is 0 Å². The third kappa shape index (κ3) is 6.32. The van der Waals surface area contributed by atoms with Crippen LogP contribution in [0.25, 0.3) is 0 Å². The summed E-state index contributed by atoms with van der Waals surface area (Å²) in [5.41, 5.74) is 1.24. The quantitative estimate of drug-likeness (QED) is 0.571. The monoisotopic (exact) mass is 371 g/mol. The highest BCUT2D eigenvalue weighted by molar-refractivity contribution is 7.90. The van der Waals surface area contributed by atoms with Gasteiger partial charge in [-0.3, -0.25) is 4.99 Å². The zero-order valence-corrected chi connectivity index (χ0v) is 16.0. The summed E-state index contributed by atoms with van der Waals surface area (Å²) in [7, 11) is -2.94. The van der Waals surface area contributed by atoms with Crippen molar-refractivity contribution in [2.75, 3.05) is 18.6 Å². The van der Waals surface area contributed by atoms with Crippen molar-refractivity contribution in [1.82, 2.24) is 10.6 Å². The minimum absolute atomic E-state index is 0.0425. The van der Waals surface area contributed by atoms with E-state index in [9.17, 15) is 8.42 Å². The molecule has 1 saturated carbocycles. The third-order valence-electron chi connectivity index (χ3n) is 4.01. The van der Waals surface area contributed by atoms with Gasteiger partial charge in [-0.2, -0.15) is 0 Å². The summed E-state index contributed by atoms with van der Waals surface area (Å²) in [6, 6.07) is 8.33. The summed E-state index contributed by atoms with van der Waals surface area (Å²) in [6.45, 7) is 4.62. The average Bonchev–Trinajstić information content (AvgIpc) is 3.24. The van der Waals surface area contributed by atoms with Crippen molar-refractivity contribution in [3.05, 3.63) is 34.9 Å². The first-order valence-electron chi connectivity index (χ1n) is 8.29. The van der Waals surface area contributed by atoms with Crippen LogP contribution < -0.4 is 10.6 Å². The molecule has 0 bridgehead atoms. The van der Waals surface area contributed by atoms with Crippen molar-refractivity contribution in [2.45, 2.75) is 44.7 Å². The summed E-state index contributed by atoms with van der Waals surface area (Å²) >= 11 is 6.05. The maximum Gasteiger partial charge on any atom is 0.191 e. The Labute approximate surface area is 149 Å². The van der Waals surface area contributed by atoms with Gasteiger partial charge in [-0.05, 0) is 44.4 Å². The normalized spacial score (nSPS) is 22.1. The molecular weight excluding hydrogens is 346 g/mol. The number of aliphatic imine (C=N–C) groups is 1. The van der Waals surface area contributed by atoms with Gasteiger partial charge < -0.3 is 10.6 Å². The van der Waals surface area contributed by atoms with Crippen LogP contribution in [0.1, 0.15) is 38.2 Å². The van der Waals surface area contributed by atoms with Crippen molar-refractivity contribution in [1.29, 1.82) is 0 Å². The second-order valence-electron chi connectivity index (χ2n) is 6.43. The fourth-order valence-electron chi connectivity index (χ4n) is 2.62. The lowest BCUT2D eigenvalue weighted by Gasteiger charge is -2.18. The highest BCUT2D eigenvalue weighted by Gasteiger charge is 2.39. The molecule has 0 saturated heterocycles. The number of rotatable bonds is 7. The van der Waals surface area contributed by atoms with E-state index in [-0.39, 0.29) is 11.8 Å². The number of hydrogen-bond donors (Lipinski definition) is 2. The number of halogens is 1. The SMILES string of the molecule is CCN=C(NC(C)CCS(C)(=O)=O)NC1CC1c1cccc(Cl)c1. The lowest BCUT2D eigenvalue weighted by molar-refractivity contribution is 0.580. The van der Waals surface area contributed by atoms with Crippen molar-refractivity contribution >= 4 is 27.4 Å². The molecule has 0 heterocycles. The molecule has 1 aromatic rings. The van der Waals surface area contributed by atoms with Gasteiger partial charge in [0.2, 0.25) is 0 Å². The van der Waals surface area contributed by atoms with Gasteiger partial charge in [-0.1, -0.05) is 23.7 Å². The predicted octanol–water partition coefficient (Wildman–Crippen LogP) is 2.57. The second-order valence-corrected chi connectivity index (χ2v) is 9.13. The van der Waals surface area contributed by atoms with Crippen LogP contribution in [0.5, 0.6) is 0 Å². The summed E-state index contributed by atoms with van der Waals surface area (Å²) < 4.78 is 22.6. The zero-order valence-electron chi connectivity index (χ0n) is 14.4. The van der Waals surface area contributed by atoms with E-state index in [1.807, 2.05) is 32.0 Å². The van der Waals surface area contributed by atoms with Crippen LogP contribution in [-0.2, 0) is 9.84 Å². The number of benzene rings is 1. The fourth-order valence-corrected chi connectivity index (χ4v) is 3.60. The molecule has 0 radical (unpaired) electrons. The molecule has 3 unspecified atom stereocenters. The van der Waals surface area contributed by atoms with Crippen LogP contribution in [0.3, 0.4) is 0 Å². The van der Waals surface area contributed by atoms with Gasteiger partial charge in [-0.15, -0.1) is 0 Å². The Bertz CT molecular complexity index is 691. The number of hydrogen-bond acceptors (Lipinski definition) is 3. The lowest BCUT2D eigenvalue weighted by Crippen LogP contribution is -2.44. The summed E-state index contributed by atoms with van der Waals surface area (Å²) in [5.74, 6) is 1.36. The first-order chi connectivity index (χ1) is 11.3. The smallest absolute Gasteiger partial charge is 0.191 e. The number of nitrogens with zero attached hydrogens (tertiary/aromatic N) is 1. The molecule has 0 aliphatic heterocycles. The van der Waals surface area contributed by atoms with E-state index < -0.39 is 9.84 Å². The van der Waals surface area contributed by atoms with Crippen LogP contribution in [-0.4, -0.2) is 45.0 Å². The van der Waals surface area contributed by atoms with E-state index in [1.165, 1.54) is 11.8 Å². The molecule has 7 heteroatoms. The number of sulfone groups is 1. The Morgan fingerprint density at radius 2 is 2.21 bits per heavy atom. The number of nitrogens with one attached hydrogen (secondary N) is 2. The maximum absolute atomic E-state index is 11.3. The minimum atomic E-state index is -2.94. The van der Waals surface area contributed by atoms with Gasteiger partial charge in [0, 0.05) is 35.8 Å². The zero-order chi connectivity index (χ0) is 17.7. The van der Waals surface area contributed by atoms with Crippen LogP contribution in [0, 0.1) is 0 Å². The van der Waals surface area contributed by atoms with Crippen molar-refractivity contribution in [2.24, 2.45) is 4.99 Å². The molecule has 0 aromatic heterocycles. The molecule has 2 rings (SSSR count). The van der Waals surface area contributed by atoms with E-state index in [0.29, 0.717) is 24.9 Å². The van der Waals surface area contributed by atoms with E-state index in [2.05, 4.69) is 21.7 Å². The molecule has 134 valence electrons. The Hall–Kier alpha value is -1.27. The number of guanidine groups is 1. The first kappa shape index (κ1) is 19.1. The molecule has 1 aliphatic carbocycles. The summed E-state index contributed by atoms with van der Waals surface area (Å²) in [5, 5.41) is 7.49. The van der Waals surface area contributed by atoms with E-state index in [4.69, 9.17) is 11.6 Å². The first-order valence-corrected chi connectivity index (χ1v) is 10.7. The van der Waals surface area contributed by atoms with Gasteiger partial charge in [0.15, 0.2) is 5.96 Å². The average molecular weight is 372 g/mol. The van der Waals surface area contributed by atoms with Gasteiger partial charge in [0.05, 0.1) is 5.75 Å². The molecule has 3 atom stereocenters. The van der Waals surface area contributed by atoms with Gasteiger partial charge in [-0.25, -0.2) is 8.42 Å².